The van der Waals surface area contributed by atoms with Crippen LogP contribution < -0.4 is 5.32 Å². The van der Waals surface area contributed by atoms with Crippen molar-refractivity contribution in [2.45, 2.75) is 26.3 Å². The summed E-state index contributed by atoms with van der Waals surface area (Å²) in [4.78, 5) is 10.4. The zero-order valence-corrected chi connectivity index (χ0v) is 8.99. The lowest BCUT2D eigenvalue weighted by Gasteiger charge is -2.38. The molecule has 4 heteroatoms. The van der Waals surface area contributed by atoms with E-state index in [9.17, 15) is 4.79 Å². The van der Waals surface area contributed by atoms with Crippen molar-refractivity contribution in [3.63, 3.8) is 0 Å². The van der Waals surface area contributed by atoms with Crippen LogP contribution in [-0.4, -0.2) is 35.2 Å². The second-order valence-corrected chi connectivity index (χ2v) is 5.29. The van der Waals surface area contributed by atoms with Gasteiger partial charge >= 0.3 is 5.97 Å². The molecule has 0 aromatic heterocycles. The summed E-state index contributed by atoms with van der Waals surface area (Å²) >= 11 is 1.90. The van der Waals surface area contributed by atoms with Gasteiger partial charge in [-0.05, 0) is 17.6 Å². The summed E-state index contributed by atoms with van der Waals surface area (Å²) in [6.45, 7) is 4.48. The fourth-order valence-electron chi connectivity index (χ4n) is 1.48. The summed E-state index contributed by atoms with van der Waals surface area (Å²) in [5.74, 6) is 1.45. The molecule has 1 unspecified atom stereocenters. The van der Waals surface area contributed by atoms with E-state index in [4.69, 9.17) is 5.11 Å². The van der Waals surface area contributed by atoms with Crippen molar-refractivity contribution < 1.29 is 9.90 Å². The van der Waals surface area contributed by atoms with Gasteiger partial charge in [0.2, 0.25) is 0 Å². The first-order valence-corrected chi connectivity index (χ1v) is 5.71. The molecular formula is C9H17NO2S. The molecule has 1 aliphatic rings. The highest BCUT2D eigenvalue weighted by Gasteiger charge is 2.32. The first-order valence-electron chi connectivity index (χ1n) is 4.55. The minimum atomic E-state index is -0.772. The lowest BCUT2D eigenvalue weighted by Crippen LogP contribution is -2.48. The topological polar surface area (TPSA) is 49.3 Å². The normalized spacial score (nSPS) is 27.1. The van der Waals surface area contributed by atoms with Gasteiger partial charge in [0.05, 0.1) is 6.54 Å². The molecular weight excluding hydrogens is 186 g/mol. The van der Waals surface area contributed by atoms with Gasteiger partial charge in [0.25, 0.3) is 0 Å². The van der Waals surface area contributed by atoms with Crippen LogP contribution in [-0.2, 0) is 4.79 Å². The number of hydrogen-bond acceptors (Lipinski definition) is 3. The van der Waals surface area contributed by atoms with Crippen LogP contribution in [0.5, 0.6) is 0 Å². The second-order valence-electron chi connectivity index (χ2n) is 4.14. The fourth-order valence-corrected chi connectivity index (χ4v) is 3.12. The zero-order valence-electron chi connectivity index (χ0n) is 8.17. The van der Waals surface area contributed by atoms with Gasteiger partial charge < -0.3 is 10.4 Å². The molecule has 1 rings (SSSR count). The number of thioether (sulfide) groups is 1. The molecule has 0 aromatic carbocycles. The van der Waals surface area contributed by atoms with E-state index in [0.717, 1.165) is 12.2 Å². The molecule has 0 bridgehead atoms. The molecule has 13 heavy (non-hydrogen) atoms. The van der Waals surface area contributed by atoms with Gasteiger partial charge in [0, 0.05) is 11.8 Å². The largest absolute Gasteiger partial charge is 0.480 e. The Kier molecular flexibility index (Phi) is 3.62. The third kappa shape index (κ3) is 3.19. The highest BCUT2D eigenvalue weighted by molar-refractivity contribution is 7.99. The molecule has 3 nitrogen and oxygen atoms in total. The Labute approximate surface area is 83.3 Å². The second kappa shape index (κ2) is 4.33. The lowest BCUT2D eigenvalue weighted by atomic mass is 9.82. The molecule has 2 N–H and O–H groups in total. The number of carboxylic acids is 1. The van der Waals surface area contributed by atoms with E-state index in [1.54, 1.807) is 0 Å². The molecule has 1 heterocycles. The average molecular weight is 203 g/mol. The van der Waals surface area contributed by atoms with Crippen molar-refractivity contribution in [3.8, 4) is 0 Å². The summed E-state index contributed by atoms with van der Waals surface area (Å²) in [5.41, 5.74) is 0.237. The van der Waals surface area contributed by atoms with Gasteiger partial charge in [0.15, 0.2) is 0 Å². The summed E-state index contributed by atoms with van der Waals surface area (Å²) in [6, 6.07) is 0.336. The molecule has 0 spiro atoms. The lowest BCUT2D eigenvalue weighted by molar-refractivity contribution is -0.136. The first kappa shape index (κ1) is 10.9. The average Bonchev–Trinajstić information content (AvgIpc) is 2.01. The van der Waals surface area contributed by atoms with Gasteiger partial charge in [-0.2, -0.15) is 11.8 Å². The standard InChI is InChI=1S/C9H17NO2S/c1-9(2)3-4-13-6-7(9)10-5-8(11)12/h7,10H,3-6H2,1-2H3,(H,11,12). The number of aliphatic carboxylic acids is 1. The SMILES string of the molecule is CC1(C)CCSCC1NCC(=O)O. The smallest absolute Gasteiger partial charge is 0.317 e. The third-order valence-corrected chi connectivity index (χ3v) is 3.68. The Hall–Kier alpha value is -0.220. The maximum absolute atomic E-state index is 10.4. The van der Waals surface area contributed by atoms with E-state index in [1.807, 2.05) is 11.8 Å². The minimum absolute atomic E-state index is 0.0780. The third-order valence-electron chi connectivity index (χ3n) is 2.62. The Balaban J connectivity index is 2.41. The summed E-state index contributed by atoms with van der Waals surface area (Å²) < 4.78 is 0. The molecule has 1 saturated heterocycles. The van der Waals surface area contributed by atoms with Crippen molar-refractivity contribution in [1.29, 1.82) is 0 Å². The van der Waals surface area contributed by atoms with E-state index >= 15 is 0 Å². The van der Waals surface area contributed by atoms with Crippen molar-refractivity contribution in [1.82, 2.24) is 5.32 Å². The van der Waals surface area contributed by atoms with Gasteiger partial charge in [0.1, 0.15) is 0 Å². The highest BCUT2D eigenvalue weighted by Crippen LogP contribution is 2.33. The van der Waals surface area contributed by atoms with E-state index in [2.05, 4.69) is 19.2 Å². The quantitative estimate of drug-likeness (QED) is 0.723. The van der Waals surface area contributed by atoms with Crippen molar-refractivity contribution >= 4 is 17.7 Å². The molecule has 0 saturated carbocycles. The van der Waals surface area contributed by atoms with Gasteiger partial charge in [-0.25, -0.2) is 0 Å². The van der Waals surface area contributed by atoms with Crippen LogP contribution in [0.2, 0.25) is 0 Å². The number of carbonyl (C=O) groups is 1. The summed E-state index contributed by atoms with van der Waals surface area (Å²) in [5, 5.41) is 11.6. The van der Waals surface area contributed by atoms with E-state index in [-0.39, 0.29) is 12.0 Å². The number of carboxylic acid groups (broad SMARTS) is 1. The van der Waals surface area contributed by atoms with Crippen molar-refractivity contribution in [3.05, 3.63) is 0 Å². The van der Waals surface area contributed by atoms with Crippen LogP contribution in [0.3, 0.4) is 0 Å². The molecule has 0 amide bonds. The van der Waals surface area contributed by atoms with Crippen LogP contribution in [0.4, 0.5) is 0 Å². The van der Waals surface area contributed by atoms with E-state index in [1.165, 1.54) is 5.75 Å². The molecule has 1 aliphatic heterocycles. The number of nitrogens with one attached hydrogen (secondary N) is 1. The minimum Gasteiger partial charge on any atom is -0.480 e. The predicted molar refractivity (Wildman–Crippen MR) is 55.1 cm³/mol. The predicted octanol–water partition coefficient (Wildman–Crippen LogP) is 1.19. The van der Waals surface area contributed by atoms with Gasteiger partial charge in [-0.15, -0.1) is 0 Å². The van der Waals surface area contributed by atoms with Gasteiger partial charge in [-0.3, -0.25) is 4.79 Å². The number of hydrogen-bond donors (Lipinski definition) is 2. The Morgan fingerprint density at radius 2 is 2.38 bits per heavy atom. The van der Waals surface area contributed by atoms with E-state index < -0.39 is 5.97 Å². The molecule has 0 aromatic rings. The maximum Gasteiger partial charge on any atom is 0.317 e. The molecule has 0 radical (unpaired) electrons. The Morgan fingerprint density at radius 1 is 1.69 bits per heavy atom. The van der Waals surface area contributed by atoms with Crippen LogP contribution >= 0.6 is 11.8 Å². The molecule has 1 atom stereocenters. The van der Waals surface area contributed by atoms with E-state index in [0.29, 0.717) is 6.04 Å². The monoisotopic (exact) mass is 203 g/mol. The Bertz CT molecular complexity index is 194. The van der Waals surface area contributed by atoms with Crippen LogP contribution in [0, 0.1) is 5.41 Å². The molecule has 76 valence electrons. The van der Waals surface area contributed by atoms with Crippen LogP contribution in [0.15, 0.2) is 0 Å². The maximum atomic E-state index is 10.4. The fraction of sp³-hybridized carbons (Fsp3) is 0.889. The first-order chi connectivity index (χ1) is 6.02. The van der Waals surface area contributed by atoms with Crippen LogP contribution in [0.1, 0.15) is 20.3 Å². The Morgan fingerprint density at radius 3 is 2.92 bits per heavy atom. The number of rotatable bonds is 3. The molecule has 1 fully saturated rings. The van der Waals surface area contributed by atoms with Crippen molar-refractivity contribution in [2.75, 3.05) is 18.1 Å². The summed E-state index contributed by atoms with van der Waals surface area (Å²) in [6.07, 6.45) is 1.16. The summed E-state index contributed by atoms with van der Waals surface area (Å²) in [7, 11) is 0. The highest BCUT2D eigenvalue weighted by atomic mass is 32.2. The molecule has 0 aliphatic carbocycles. The van der Waals surface area contributed by atoms with Gasteiger partial charge in [-0.1, -0.05) is 13.8 Å². The van der Waals surface area contributed by atoms with Crippen LogP contribution in [0.25, 0.3) is 0 Å². The zero-order chi connectivity index (χ0) is 9.90. The van der Waals surface area contributed by atoms with Crippen molar-refractivity contribution in [2.24, 2.45) is 5.41 Å².